The van der Waals surface area contributed by atoms with Crippen LogP contribution in [0.15, 0.2) is 47.6 Å². The first-order chi connectivity index (χ1) is 13.0. The summed E-state index contributed by atoms with van der Waals surface area (Å²) in [5.41, 5.74) is 4.62. The highest BCUT2D eigenvalue weighted by molar-refractivity contribution is 6.30. The van der Waals surface area contributed by atoms with Gasteiger partial charge in [-0.3, -0.25) is 4.79 Å². The lowest BCUT2D eigenvalue weighted by Crippen LogP contribution is -2.18. The van der Waals surface area contributed by atoms with Gasteiger partial charge in [-0.05, 0) is 54.8 Å². The number of carbonyl (C=O) groups is 2. The highest BCUT2D eigenvalue weighted by Gasteiger charge is 2.04. The highest BCUT2D eigenvalue weighted by Crippen LogP contribution is 2.21. The predicted molar refractivity (Wildman–Crippen MR) is 104 cm³/mol. The number of aryl methyl sites for hydroxylation is 1. The maximum atomic E-state index is 11.8. The molecule has 0 aliphatic heterocycles. The fourth-order valence-corrected chi connectivity index (χ4v) is 2.47. The molecule has 0 saturated carbocycles. The zero-order chi connectivity index (χ0) is 19.6. The van der Waals surface area contributed by atoms with Crippen LogP contribution < -0.4 is 10.2 Å². The molecule has 0 spiro atoms. The summed E-state index contributed by atoms with van der Waals surface area (Å²) in [5.74, 6) is 0.157. The van der Waals surface area contributed by atoms with E-state index in [1.54, 1.807) is 30.3 Å². The molecule has 7 heteroatoms. The van der Waals surface area contributed by atoms with Gasteiger partial charge in [0.05, 0.1) is 25.5 Å². The number of carbonyl (C=O) groups excluding carboxylic acids is 2. The average Bonchev–Trinajstić information content (AvgIpc) is 2.66. The minimum Gasteiger partial charge on any atom is -0.493 e. The van der Waals surface area contributed by atoms with Crippen LogP contribution in [0.1, 0.15) is 34.3 Å². The third-order valence-corrected chi connectivity index (χ3v) is 3.91. The Labute approximate surface area is 163 Å². The molecule has 0 unspecified atom stereocenters. The van der Waals surface area contributed by atoms with E-state index in [0.717, 1.165) is 16.9 Å². The van der Waals surface area contributed by atoms with E-state index in [2.05, 4.69) is 15.3 Å². The fraction of sp³-hybridized carbons (Fsp3) is 0.250. The first-order valence-corrected chi connectivity index (χ1v) is 8.76. The van der Waals surface area contributed by atoms with Crippen molar-refractivity contribution in [2.45, 2.75) is 19.8 Å². The van der Waals surface area contributed by atoms with E-state index in [9.17, 15) is 9.59 Å². The van der Waals surface area contributed by atoms with Crippen molar-refractivity contribution >= 4 is 29.7 Å². The van der Waals surface area contributed by atoms with Gasteiger partial charge in [-0.25, -0.2) is 10.2 Å². The van der Waals surface area contributed by atoms with Crippen molar-refractivity contribution in [3.63, 3.8) is 0 Å². The number of halogens is 1. The molecule has 0 bridgehead atoms. The molecule has 6 nitrogen and oxygen atoms in total. The van der Waals surface area contributed by atoms with Crippen molar-refractivity contribution in [3.05, 3.63) is 64.2 Å². The SMILES string of the molecule is COC(=O)c1ccc(C=NNC(=O)CCCOc2ccc(Cl)cc2C)cc1. The average molecular weight is 389 g/mol. The van der Waals surface area contributed by atoms with Crippen LogP contribution in [0.2, 0.25) is 5.02 Å². The van der Waals surface area contributed by atoms with Gasteiger partial charge in [0.25, 0.3) is 0 Å². The standard InChI is InChI=1S/C20H21ClN2O4/c1-14-12-17(21)9-10-18(14)27-11-3-4-19(24)23-22-13-15-5-7-16(8-6-15)20(25)26-2/h5-10,12-13H,3-4,11H2,1-2H3,(H,23,24). The summed E-state index contributed by atoms with van der Waals surface area (Å²) in [6, 6.07) is 12.1. The topological polar surface area (TPSA) is 77.0 Å². The van der Waals surface area contributed by atoms with E-state index in [1.165, 1.54) is 13.3 Å². The molecule has 2 rings (SSSR count). The number of rotatable bonds is 8. The summed E-state index contributed by atoms with van der Waals surface area (Å²) in [5, 5.41) is 4.56. The van der Waals surface area contributed by atoms with Gasteiger partial charge < -0.3 is 9.47 Å². The molecule has 0 heterocycles. The van der Waals surface area contributed by atoms with Gasteiger partial charge in [0.15, 0.2) is 0 Å². The number of amides is 1. The maximum Gasteiger partial charge on any atom is 0.337 e. The third kappa shape index (κ3) is 6.75. The molecule has 0 fully saturated rings. The number of esters is 1. The van der Waals surface area contributed by atoms with Gasteiger partial charge in [-0.2, -0.15) is 5.10 Å². The number of benzene rings is 2. The van der Waals surface area contributed by atoms with Crippen LogP contribution in [0.4, 0.5) is 0 Å². The smallest absolute Gasteiger partial charge is 0.337 e. The van der Waals surface area contributed by atoms with E-state index < -0.39 is 5.97 Å². The lowest BCUT2D eigenvalue weighted by Gasteiger charge is -2.08. The van der Waals surface area contributed by atoms with Crippen LogP contribution >= 0.6 is 11.6 Å². The molecule has 0 radical (unpaired) electrons. The number of hydrogen-bond donors (Lipinski definition) is 1. The van der Waals surface area contributed by atoms with E-state index in [1.807, 2.05) is 19.1 Å². The molecule has 2 aromatic rings. The molecule has 0 atom stereocenters. The van der Waals surface area contributed by atoms with Gasteiger partial charge in [0, 0.05) is 11.4 Å². The molecule has 1 amide bonds. The monoisotopic (exact) mass is 388 g/mol. The summed E-state index contributed by atoms with van der Waals surface area (Å²) in [6.45, 7) is 2.34. The van der Waals surface area contributed by atoms with Crippen LogP contribution in [0.3, 0.4) is 0 Å². The van der Waals surface area contributed by atoms with Crippen molar-refractivity contribution in [2.75, 3.05) is 13.7 Å². The molecule has 0 aliphatic carbocycles. The number of nitrogens with one attached hydrogen (secondary N) is 1. The first kappa shape index (κ1) is 20.5. The molecule has 1 N–H and O–H groups in total. The quantitative estimate of drug-likeness (QED) is 0.323. The Bertz CT molecular complexity index is 819. The van der Waals surface area contributed by atoms with Crippen LogP contribution in [0.5, 0.6) is 5.75 Å². The number of nitrogens with zero attached hydrogens (tertiary/aromatic N) is 1. The Balaban J connectivity index is 1.69. The largest absolute Gasteiger partial charge is 0.493 e. The van der Waals surface area contributed by atoms with Gasteiger partial charge >= 0.3 is 5.97 Å². The van der Waals surface area contributed by atoms with E-state index >= 15 is 0 Å². The second-order valence-corrected chi connectivity index (χ2v) is 6.21. The normalized spacial score (nSPS) is 10.6. The van der Waals surface area contributed by atoms with Crippen LogP contribution in [0.25, 0.3) is 0 Å². The Hall–Kier alpha value is -2.86. The maximum absolute atomic E-state index is 11.8. The number of ether oxygens (including phenoxy) is 2. The number of methoxy groups -OCH3 is 1. The van der Waals surface area contributed by atoms with Crippen LogP contribution in [0, 0.1) is 6.92 Å². The van der Waals surface area contributed by atoms with Crippen molar-refractivity contribution in [1.29, 1.82) is 0 Å². The summed E-state index contributed by atoms with van der Waals surface area (Å²) >= 11 is 5.90. The lowest BCUT2D eigenvalue weighted by atomic mass is 10.1. The summed E-state index contributed by atoms with van der Waals surface area (Å²) in [4.78, 5) is 23.1. The first-order valence-electron chi connectivity index (χ1n) is 8.39. The van der Waals surface area contributed by atoms with E-state index in [0.29, 0.717) is 30.0 Å². The van der Waals surface area contributed by atoms with Crippen molar-refractivity contribution in [1.82, 2.24) is 5.43 Å². The Kier molecular flexibility index (Phi) is 7.82. The minimum absolute atomic E-state index is 0.200. The highest BCUT2D eigenvalue weighted by atomic mass is 35.5. The minimum atomic E-state index is -0.400. The second kappa shape index (κ2) is 10.3. The third-order valence-electron chi connectivity index (χ3n) is 3.68. The number of hydrogen-bond acceptors (Lipinski definition) is 5. The van der Waals surface area contributed by atoms with E-state index in [4.69, 9.17) is 16.3 Å². The summed E-state index contributed by atoms with van der Waals surface area (Å²) in [7, 11) is 1.33. The molecule has 0 aliphatic rings. The van der Waals surface area contributed by atoms with Crippen molar-refractivity contribution < 1.29 is 19.1 Å². The zero-order valence-corrected chi connectivity index (χ0v) is 16.0. The van der Waals surface area contributed by atoms with E-state index in [-0.39, 0.29) is 5.91 Å². The zero-order valence-electron chi connectivity index (χ0n) is 15.2. The molecule has 0 aromatic heterocycles. The predicted octanol–water partition coefficient (Wildman–Crippen LogP) is 3.74. The fourth-order valence-electron chi connectivity index (χ4n) is 2.25. The number of hydrazone groups is 1. The van der Waals surface area contributed by atoms with Crippen molar-refractivity contribution in [2.24, 2.45) is 5.10 Å². The Morgan fingerprint density at radius 3 is 2.59 bits per heavy atom. The van der Waals surface area contributed by atoms with Gasteiger partial charge in [-0.1, -0.05) is 23.7 Å². The lowest BCUT2D eigenvalue weighted by molar-refractivity contribution is -0.121. The van der Waals surface area contributed by atoms with Gasteiger partial charge in [0.2, 0.25) is 5.91 Å². The van der Waals surface area contributed by atoms with Crippen molar-refractivity contribution in [3.8, 4) is 5.75 Å². The molecule has 0 saturated heterocycles. The molecular weight excluding hydrogens is 368 g/mol. The Morgan fingerprint density at radius 2 is 1.93 bits per heavy atom. The van der Waals surface area contributed by atoms with Gasteiger partial charge in [0.1, 0.15) is 5.75 Å². The molecule has 2 aromatic carbocycles. The van der Waals surface area contributed by atoms with Crippen LogP contribution in [-0.4, -0.2) is 31.8 Å². The van der Waals surface area contributed by atoms with Crippen LogP contribution in [-0.2, 0) is 9.53 Å². The Morgan fingerprint density at radius 1 is 1.19 bits per heavy atom. The second-order valence-electron chi connectivity index (χ2n) is 5.77. The molecular formula is C20H21ClN2O4. The van der Waals surface area contributed by atoms with Gasteiger partial charge in [-0.15, -0.1) is 0 Å². The summed E-state index contributed by atoms with van der Waals surface area (Å²) < 4.78 is 10.3. The molecule has 27 heavy (non-hydrogen) atoms. The summed E-state index contributed by atoms with van der Waals surface area (Å²) in [6.07, 6.45) is 2.37. The molecule has 142 valence electrons.